The van der Waals surface area contributed by atoms with Gasteiger partial charge in [-0.3, -0.25) is 0 Å². The van der Waals surface area contributed by atoms with Crippen LogP contribution in [0, 0.1) is 0 Å². The first-order chi connectivity index (χ1) is 5.00. The maximum atomic E-state index is 2.12. The van der Waals surface area contributed by atoms with E-state index in [-0.39, 0.29) is 21.5 Å². The summed E-state index contributed by atoms with van der Waals surface area (Å²) in [6.45, 7) is 0. The molecule has 0 amide bonds. The molecule has 1 radical (unpaired) electrons. The zero-order valence-corrected chi connectivity index (χ0v) is 7.66. The van der Waals surface area contributed by atoms with Crippen LogP contribution in [0.4, 0.5) is 0 Å². The Morgan fingerprint density at radius 3 is 1.58 bits per heavy atom. The molecule has 0 saturated carbocycles. The van der Waals surface area contributed by atoms with Gasteiger partial charge in [0.05, 0.1) is 0 Å². The molecule has 0 unspecified atom stereocenters. The minimum atomic E-state index is 0. The van der Waals surface area contributed by atoms with Gasteiger partial charge in [-0.05, 0) is 6.42 Å². The Hall–Kier alpha value is -0.734. The number of allylic oxidation sites excluding steroid dienone is 4. The van der Waals surface area contributed by atoms with Gasteiger partial charge in [-0.1, -0.05) is 24.3 Å². The van der Waals surface area contributed by atoms with Crippen LogP contribution in [0.2, 0.25) is 0 Å². The van der Waals surface area contributed by atoms with Crippen LogP contribution in [0.1, 0.15) is 6.42 Å². The maximum absolute atomic E-state index is 2.12. The van der Waals surface area contributed by atoms with Crippen LogP contribution in [0.25, 0.3) is 0 Å². The monoisotopic (exact) mass is 209 g/mol. The van der Waals surface area contributed by atoms with Crippen molar-refractivity contribution in [3.05, 3.63) is 54.6 Å². The summed E-state index contributed by atoms with van der Waals surface area (Å²) in [6.07, 6.45) is 9.50. The maximum Gasteiger partial charge on any atom is 2.00 e. The smallest absolute Gasteiger partial charge is 1.00 e. The number of hydrogen-bond donors (Lipinski definition) is 0. The molecule has 0 nitrogen and oxygen atoms in total. The summed E-state index contributed by atoms with van der Waals surface area (Å²) in [4.78, 5) is 0. The SMILES string of the molecule is C1=CCC=C1.[Co+2].[F-].c1cc[cH-]c1. The fraction of sp³-hybridized carbons (Fsp3) is 0.100. The van der Waals surface area contributed by atoms with Gasteiger partial charge in [0.1, 0.15) is 0 Å². The molecule has 2 rings (SSSR count). The Kier molecular flexibility index (Phi) is 11.8. The van der Waals surface area contributed by atoms with Crippen LogP contribution in [-0.4, -0.2) is 0 Å². The third-order valence-electron chi connectivity index (χ3n) is 1.21. The molecule has 67 valence electrons. The first-order valence-corrected chi connectivity index (χ1v) is 3.48. The van der Waals surface area contributed by atoms with Crippen LogP contribution in [0.15, 0.2) is 54.6 Å². The van der Waals surface area contributed by atoms with E-state index in [0.29, 0.717) is 0 Å². The number of hydrogen-bond acceptors (Lipinski definition) is 0. The van der Waals surface area contributed by atoms with Crippen LogP contribution < -0.4 is 4.70 Å². The van der Waals surface area contributed by atoms with Crippen molar-refractivity contribution in [3.63, 3.8) is 0 Å². The van der Waals surface area contributed by atoms with E-state index in [2.05, 4.69) is 24.3 Å². The summed E-state index contributed by atoms with van der Waals surface area (Å²) >= 11 is 0. The average molecular weight is 209 g/mol. The summed E-state index contributed by atoms with van der Waals surface area (Å²) in [5.41, 5.74) is 0. The van der Waals surface area contributed by atoms with Gasteiger partial charge in [-0.2, -0.15) is 18.2 Å². The third kappa shape index (κ3) is 7.37. The van der Waals surface area contributed by atoms with Crippen molar-refractivity contribution in [3.8, 4) is 0 Å². The largest absolute Gasteiger partial charge is 2.00 e. The molecule has 0 saturated heterocycles. The predicted molar refractivity (Wildman–Crippen MR) is 44.9 cm³/mol. The molecule has 0 aliphatic heterocycles. The van der Waals surface area contributed by atoms with Crippen molar-refractivity contribution >= 4 is 0 Å². The van der Waals surface area contributed by atoms with Crippen molar-refractivity contribution in [2.24, 2.45) is 0 Å². The molecule has 0 aromatic heterocycles. The first kappa shape index (κ1) is 13.8. The molecule has 1 aliphatic rings. The van der Waals surface area contributed by atoms with Gasteiger partial charge < -0.3 is 4.70 Å². The summed E-state index contributed by atoms with van der Waals surface area (Å²) < 4.78 is 0. The zero-order chi connectivity index (χ0) is 7.07. The fourth-order valence-electron chi connectivity index (χ4n) is 0.714. The molecule has 0 N–H and O–H groups in total. The van der Waals surface area contributed by atoms with Crippen LogP contribution in [0.3, 0.4) is 0 Å². The number of rotatable bonds is 0. The van der Waals surface area contributed by atoms with Crippen molar-refractivity contribution in [2.75, 3.05) is 0 Å². The van der Waals surface area contributed by atoms with E-state index < -0.39 is 0 Å². The van der Waals surface area contributed by atoms with Gasteiger partial charge in [0, 0.05) is 0 Å². The molecule has 1 aromatic rings. The Morgan fingerprint density at radius 2 is 1.42 bits per heavy atom. The molecule has 2 heteroatoms. The van der Waals surface area contributed by atoms with Gasteiger partial charge in [0.15, 0.2) is 0 Å². The first-order valence-electron chi connectivity index (χ1n) is 3.48. The molecule has 1 aromatic carbocycles. The Bertz CT molecular complexity index is 172. The molecule has 12 heavy (non-hydrogen) atoms. The quantitative estimate of drug-likeness (QED) is 0.524. The third-order valence-corrected chi connectivity index (χ3v) is 1.21. The van der Waals surface area contributed by atoms with Gasteiger partial charge in [-0.15, -0.1) is 0 Å². The molecule has 0 fully saturated rings. The summed E-state index contributed by atoms with van der Waals surface area (Å²) in [7, 11) is 0. The Labute approximate surface area is 82.9 Å². The van der Waals surface area contributed by atoms with Gasteiger partial charge >= 0.3 is 16.8 Å². The molecular formula is C10H11CoF. The van der Waals surface area contributed by atoms with Crippen molar-refractivity contribution in [1.82, 2.24) is 0 Å². The van der Waals surface area contributed by atoms with Gasteiger partial charge in [0.2, 0.25) is 0 Å². The normalized spacial score (nSPS) is 10.7. The van der Waals surface area contributed by atoms with E-state index in [1.807, 2.05) is 30.3 Å². The van der Waals surface area contributed by atoms with E-state index >= 15 is 0 Å². The summed E-state index contributed by atoms with van der Waals surface area (Å²) in [5, 5.41) is 0. The minimum absolute atomic E-state index is 0. The topological polar surface area (TPSA) is 0 Å². The second kappa shape index (κ2) is 10.3. The fourth-order valence-corrected chi connectivity index (χ4v) is 0.714. The second-order valence-corrected chi connectivity index (χ2v) is 2.05. The van der Waals surface area contributed by atoms with E-state index in [9.17, 15) is 0 Å². The zero-order valence-electron chi connectivity index (χ0n) is 6.61. The van der Waals surface area contributed by atoms with Crippen molar-refractivity contribution in [2.45, 2.75) is 6.42 Å². The molecule has 0 bridgehead atoms. The van der Waals surface area contributed by atoms with Crippen molar-refractivity contribution < 1.29 is 21.5 Å². The average Bonchev–Trinajstić information content (AvgIpc) is 2.67. The van der Waals surface area contributed by atoms with E-state index in [0.717, 1.165) is 6.42 Å². The summed E-state index contributed by atoms with van der Waals surface area (Å²) in [6, 6.07) is 10.0. The number of halogens is 1. The second-order valence-electron chi connectivity index (χ2n) is 2.05. The van der Waals surface area contributed by atoms with Crippen LogP contribution >= 0.6 is 0 Å². The van der Waals surface area contributed by atoms with Gasteiger partial charge in [-0.25, -0.2) is 12.1 Å². The van der Waals surface area contributed by atoms with E-state index in [1.165, 1.54) is 0 Å². The van der Waals surface area contributed by atoms with E-state index in [1.54, 1.807) is 0 Å². The van der Waals surface area contributed by atoms with Crippen LogP contribution in [0.5, 0.6) is 0 Å². The minimum Gasteiger partial charge on any atom is -1.00 e. The molecule has 0 spiro atoms. The molecule has 0 atom stereocenters. The molecular weight excluding hydrogens is 198 g/mol. The van der Waals surface area contributed by atoms with Gasteiger partial charge in [0.25, 0.3) is 0 Å². The summed E-state index contributed by atoms with van der Waals surface area (Å²) in [5.74, 6) is 0. The Balaban J connectivity index is 0. The molecule has 0 heterocycles. The molecule has 1 aliphatic carbocycles. The van der Waals surface area contributed by atoms with Crippen molar-refractivity contribution in [1.29, 1.82) is 0 Å². The standard InChI is InChI=1S/C5H6.C5H5.Co.FH/c2*1-2-4-5-3-1;;/h1-4H,5H2;1-5H;;1H/q;-1;+2;/p-1. The predicted octanol–water partition coefficient (Wildman–Crippen LogP) is -0.0905. The van der Waals surface area contributed by atoms with Crippen LogP contribution in [-0.2, 0) is 16.8 Å². The Morgan fingerprint density at radius 1 is 0.917 bits per heavy atom. The van der Waals surface area contributed by atoms with E-state index in [4.69, 9.17) is 0 Å².